The number of fused-ring (bicyclic) bond motifs is 1. The molecule has 0 bridgehead atoms. The minimum absolute atomic E-state index is 0.503. The molecule has 0 saturated carbocycles. The highest BCUT2D eigenvalue weighted by Gasteiger charge is 2.18. The van der Waals surface area contributed by atoms with E-state index < -0.39 is 0 Å². The second kappa shape index (κ2) is 5.53. The van der Waals surface area contributed by atoms with Crippen molar-refractivity contribution < 1.29 is 0 Å². The first-order valence-corrected chi connectivity index (χ1v) is 7.77. The highest BCUT2D eigenvalue weighted by atomic mass is 32.1. The monoisotopic (exact) mass is 251 g/mol. The van der Waals surface area contributed by atoms with E-state index in [4.69, 9.17) is 0 Å². The first-order valence-electron chi connectivity index (χ1n) is 6.95. The summed E-state index contributed by atoms with van der Waals surface area (Å²) in [5.74, 6) is 0.701. The van der Waals surface area contributed by atoms with E-state index in [9.17, 15) is 0 Å². The van der Waals surface area contributed by atoms with Crippen LogP contribution in [0.4, 0.5) is 0 Å². The molecule has 0 fully saturated rings. The molecule has 0 amide bonds. The van der Waals surface area contributed by atoms with Gasteiger partial charge in [0.15, 0.2) is 0 Å². The Morgan fingerprint density at radius 3 is 2.47 bits per heavy atom. The van der Waals surface area contributed by atoms with Crippen LogP contribution in [0.25, 0.3) is 0 Å². The van der Waals surface area contributed by atoms with Crippen LogP contribution in [0.2, 0.25) is 0 Å². The van der Waals surface area contributed by atoms with Crippen molar-refractivity contribution in [3.8, 4) is 0 Å². The summed E-state index contributed by atoms with van der Waals surface area (Å²) in [6.45, 7) is 9.15. The van der Waals surface area contributed by atoms with Gasteiger partial charge in [-0.2, -0.15) is 0 Å². The summed E-state index contributed by atoms with van der Waals surface area (Å²) in [5.41, 5.74) is 1.63. The van der Waals surface area contributed by atoms with Crippen LogP contribution in [0.3, 0.4) is 0 Å². The van der Waals surface area contributed by atoms with Crippen molar-refractivity contribution >= 4 is 11.3 Å². The van der Waals surface area contributed by atoms with Crippen molar-refractivity contribution in [2.75, 3.05) is 0 Å². The van der Waals surface area contributed by atoms with Gasteiger partial charge >= 0.3 is 0 Å². The number of nitrogens with one attached hydrogen (secondary N) is 1. The van der Waals surface area contributed by atoms with Gasteiger partial charge in [0.25, 0.3) is 0 Å². The highest BCUT2D eigenvalue weighted by molar-refractivity contribution is 7.12. The average molecular weight is 251 g/mol. The Morgan fingerprint density at radius 1 is 1.12 bits per heavy atom. The van der Waals surface area contributed by atoms with E-state index in [0.717, 1.165) is 0 Å². The van der Waals surface area contributed by atoms with E-state index in [1.165, 1.54) is 30.6 Å². The summed E-state index contributed by atoms with van der Waals surface area (Å²) in [4.78, 5) is 3.18. The van der Waals surface area contributed by atoms with Crippen LogP contribution >= 0.6 is 11.3 Å². The Labute approximate surface area is 110 Å². The fraction of sp³-hybridized carbons (Fsp3) is 0.733. The van der Waals surface area contributed by atoms with Gasteiger partial charge in [-0.05, 0) is 57.1 Å². The third-order valence-corrected chi connectivity index (χ3v) is 5.38. The molecule has 1 nitrogen and oxygen atoms in total. The zero-order valence-corrected chi connectivity index (χ0v) is 12.4. The average Bonchev–Trinajstić information content (AvgIpc) is 2.72. The first-order chi connectivity index (χ1) is 8.08. The fourth-order valence-corrected chi connectivity index (χ4v) is 3.66. The van der Waals surface area contributed by atoms with Crippen LogP contribution in [-0.2, 0) is 12.8 Å². The molecular formula is C15H25NS. The fourth-order valence-electron chi connectivity index (χ4n) is 2.40. The molecule has 1 aliphatic carbocycles. The zero-order chi connectivity index (χ0) is 12.4. The molecule has 1 N–H and O–H groups in total. The lowest BCUT2D eigenvalue weighted by Crippen LogP contribution is -2.32. The zero-order valence-electron chi connectivity index (χ0n) is 11.5. The lowest BCUT2D eigenvalue weighted by atomic mass is 9.98. The summed E-state index contributed by atoms with van der Waals surface area (Å²) in [7, 11) is 0. The molecule has 1 aromatic rings. The summed E-state index contributed by atoms with van der Waals surface area (Å²) in [5, 5.41) is 3.72. The summed E-state index contributed by atoms with van der Waals surface area (Å²) in [6, 6.07) is 3.54. The van der Waals surface area contributed by atoms with Crippen molar-refractivity contribution in [1.82, 2.24) is 5.32 Å². The molecule has 0 aromatic carbocycles. The molecule has 2 rings (SSSR count). The van der Waals surface area contributed by atoms with Crippen molar-refractivity contribution in [3.63, 3.8) is 0 Å². The second-order valence-corrected chi connectivity index (χ2v) is 6.89. The predicted molar refractivity (Wildman–Crippen MR) is 76.8 cm³/mol. The normalized spacial score (nSPS) is 19.1. The topological polar surface area (TPSA) is 12.0 Å². The Balaban J connectivity index is 2.04. The third kappa shape index (κ3) is 3.11. The maximum atomic E-state index is 3.72. The van der Waals surface area contributed by atoms with Gasteiger partial charge in [-0.3, -0.25) is 0 Å². The number of hydrogen-bond acceptors (Lipinski definition) is 2. The summed E-state index contributed by atoms with van der Waals surface area (Å²) >= 11 is 2.03. The van der Waals surface area contributed by atoms with Crippen LogP contribution in [-0.4, -0.2) is 6.04 Å². The molecule has 0 spiro atoms. The molecule has 2 heteroatoms. The SMILES string of the molecule is CC(NC(C)C(C)C)c1cc2c(s1)CCCC2. The van der Waals surface area contributed by atoms with Gasteiger partial charge in [0, 0.05) is 21.8 Å². The maximum absolute atomic E-state index is 3.72. The number of rotatable bonds is 4. The van der Waals surface area contributed by atoms with Gasteiger partial charge < -0.3 is 5.32 Å². The Kier molecular flexibility index (Phi) is 4.26. The van der Waals surface area contributed by atoms with Gasteiger partial charge in [-0.15, -0.1) is 11.3 Å². The number of thiophene rings is 1. The van der Waals surface area contributed by atoms with Crippen molar-refractivity contribution in [2.24, 2.45) is 5.92 Å². The molecule has 1 aromatic heterocycles. The Bertz CT molecular complexity index is 343. The smallest absolute Gasteiger partial charge is 0.0388 e. The lowest BCUT2D eigenvalue weighted by Gasteiger charge is -2.22. The van der Waals surface area contributed by atoms with Crippen LogP contribution in [0, 0.1) is 5.92 Å². The largest absolute Gasteiger partial charge is 0.307 e. The molecule has 0 radical (unpaired) electrons. The highest BCUT2D eigenvalue weighted by Crippen LogP contribution is 2.33. The van der Waals surface area contributed by atoms with E-state index in [2.05, 4.69) is 39.1 Å². The van der Waals surface area contributed by atoms with E-state index >= 15 is 0 Å². The maximum Gasteiger partial charge on any atom is 0.0388 e. The van der Waals surface area contributed by atoms with Gasteiger partial charge in [-0.25, -0.2) is 0 Å². The molecule has 96 valence electrons. The third-order valence-electron chi connectivity index (χ3n) is 3.96. The summed E-state index contributed by atoms with van der Waals surface area (Å²) < 4.78 is 0. The minimum Gasteiger partial charge on any atom is -0.307 e. The van der Waals surface area contributed by atoms with Crippen molar-refractivity contribution in [1.29, 1.82) is 0 Å². The van der Waals surface area contributed by atoms with Crippen LogP contribution in [0.5, 0.6) is 0 Å². The van der Waals surface area contributed by atoms with Crippen LogP contribution < -0.4 is 5.32 Å². The minimum atomic E-state index is 0.503. The van der Waals surface area contributed by atoms with Gasteiger partial charge in [0.2, 0.25) is 0 Å². The first kappa shape index (κ1) is 13.1. The van der Waals surface area contributed by atoms with Crippen molar-refractivity contribution in [3.05, 3.63) is 21.4 Å². The molecule has 2 atom stereocenters. The summed E-state index contributed by atoms with van der Waals surface area (Å²) in [6.07, 6.45) is 5.38. The molecule has 0 aliphatic heterocycles. The molecule has 1 heterocycles. The lowest BCUT2D eigenvalue weighted by molar-refractivity contribution is 0.391. The van der Waals surface area contributed by atoms with Crippen LogP contribution in [0.1, 0.15) is 61.9 Å². The quantitative estimate of drug-likeness (QED) is 0.840. The molecular weight excluding hydrogens is 226 g/mol. The number of aryl methyl sites for hydroxylation is 2. The second-order valence-electron chi connectivity index (χ2n) is 5.73. The predicted octanol–water partition coefficient (Wildman–Crippen LogP) is 4.32. The molecule has 17 heavy (non-hydrogen) atoms. The van der Waals surface area contributed by atoms with Gasteiger partial charge in [0.1, 0.15) is 0 Å². The molecule has 2 unspecified atom stereocenters. The van der Waals surface area contributed by atoms with Crippen molar-refractivity contribution in [2.45, 2.75) is 65.5 Å². The van der Waals surface area contributed by atoms with E-state index in [-0.39, 0.29) is 0 Å². The number of hydrogen-bond donors (Lipinski definition) is 1. The van der Waals surface area contributed by atoms with Gasteiger partial charge in [-0.1, -0.05) is 13.8 Å². The Hall–Kier alpha value is -0.340. The van der Waals surface area contributed by atoms with Gasteiger partial charge in [0.05, 0.1) is 0 Å². The van der Waals surface area contributed by atoms with E-state index in [0.29, 0.717) is 18.0 Å². The molecule has 0 saturated heterocycles. The van der Waals surface area contributed by atoms with E-state index in [1.807, 2.05) is 11.3 Å². The van der Waals surface area contributed by atoms with Crippen LogP contribution in [0.15, 0.2) is 6.07 Å². The standard InChI is InChI=1S/C15H25NS/c1-10(2)11(3)16-12(4)15-9-13-7-5-6-8-14(13)17-15/h9-12,16H,5-8H2,1-4H3. The molecule has 1 aliphatic rings. The van der Waals surface area contributed by atoms with E-state index in [1.54, 1.807) is 10.4 Å². The Morgan fingerprint density at radius 2 is 1.82 bits per heavy atom.